The first-order valence-electron chi connectivity index (χ1n) is 12.5. The number of rotatable bonds is 8. The van der Waals surface area contributed by atoms with Gasteiger partial charge in [0.1, 0.15) is 5.75 Å². The van der Waals surface area contributed by atoms with E-state index < -0.39 is 10.0 Å². The molecule has 4 atom stereocenters. The third kappa shape index (κ3) is 5.58. The van der Waals surface area contributed by atoms with Crippen molar-refractivity contribution in [1.82, 2.24) is 10.6 Å². The monoisotopic (exact) mass is 485 g/mol. The Bertz CT molecular complexity index is 1060. The van der Waals surface area contributed by atoms with Gasteiger partial charge in [0.15, 0.2) is 0 Å². The van der Waals surface area contributed by atoms with E-state index in [1.165, 1.54) is 41.8 Å². The maximum Gasteiger partial charge on any atom is 0.232 e. The van der Waals surface area contributed by atoms with Crippen molar-refractivity contribution in [2.45, 2.75) is 76.7 Å². The van der Waals surface area contributed by atoms with Crippen LogP contribution >= 0.6 is 0 Å². The second-order valence-corrected chi connectivity index (χ2v) is 11.9. The molecule has 2 aromatic rings. The van der Waals surface area contributed by atoms with Crippen molar-refractivity contribution in [3.63, 3.8) is 0 Å². The Morgan fingerprint density at radius 3 is 2.53 bits per heavy atom. The number of piperidine rings is 1. The molecule has 0 amide bonds. The molecule has 0 bridgehead atoms. The van der Waals surface area contributed by atoms with Crippen molar-refractivity contribution in [2.24, 2.45) is 5.92 Å². The number of hydrogen-bond donors (Lipinski definition) is 2. The lowest BCUT2D eigenvalue weighted by atomic mass is 9.74. The van der Waals surface area contributed by atoms with E-state index >= 15 is 0 Å². The predicted molar refractivity (Wildman–Crippen MR) is 139 cm³/mol. The molecule has 0 spiro atoms. The fraction of sp³-hybridized carbons (Fsp3) is 0.556. The SMILES string of the molecule is COc1ccc(N(C(C)C)S(C)(=O)=O)cc1CNC1CC2CCCCC2NC1c1ccccc1. The number of ether oxygens (including phenoxy) is 1. The van der Waals surface area contributed by atoms with Gasteiger partial charge in [0.2, 0.25) is 10.0 Å². The van der Waals surface area contributed by atoms with Crippen molar-refractivity contribution in [3.8, 4) is 5.75 Å². The summed E-state index contributed by atoms with van der Waals surface area (Å²) in [5.41, 5.74) is 2.95. The molecule has 6 nitrogen and oxygen atoms in total. The molecule has 1 saturated carbocycles. The number of hydrogen-bond acceptors (Lipinski definition) is 5. The first-order chi connectivity index (χ1) is 16.3. The number of nitrogens with zero attached hydrogens (tertiary/aromatic N) is 1. The largest absolute Gasteiger partial charge is 0.496 e. The van der Waals surface area contributed by atoms with Crippen LogP contribution in [0.2, 0.25) is 0 Å². The lowest BCUT2D eigenvalue weighted by Gasteiger charge is -2.45. The molecule has 186 valence electrons. The fourth-order valence-corrected chi connectivity index (χ4v) is 7.12. The summed E-state index contributed by atoms with van der Waals surface area (Å²) in [6.07, 6.45) is 7.57. The van der Waals surface area contributed by atoms with Crippen molar-refractivity contribution >= 4 is 15.7 Å². The third-order valence-electron chi connectivity index (χ3n) is 7.32. The number of anilines is 1. The molecule has 2 aliphatic rings. The van der Waals surface area contributed by atoms with Gasteiger partial charge in [0, 0.05) is 36.3 Å². The number of benzene rings is 2. The molecule has 2 fully saturated rings. The van der Waals surface area contributed by atoms with Crippen LogP contribution in [0.3, 0.4) is 0 Å². The lowest BCUT2D eigenvalue weighted by molar-refractivity contribution is 0.140. The zero-order valence-corrected chi connectivity index (χ0v) is 21.6. The maximum atomic E-state index is 12.4. The molecular weight excluding hydrogens is 446 g/mol. The van der Waals surface area contributed by atoms with Gasteiger partial charge in [-0.05, 0) is 62.8 Å². The zero-order valence-electron chi connectivity index (χ0n) is 20.8. The molecule has 7 heteroatoms. The van der Waals surface area contributed by atoms with Crippen LogP contribution in [0.5, 0.6) is 5.75 Å². The first-order valence-corrected chi connectivity index (χ1v) is 14.3. The van der Waals surface area contributed by atoms with E-state index in [2.05, 4.69) is 41.0 Å². The van der Waals surface area contributed by atoms with E-state index in [4.69, 9.17) is 4.74 Å². The number of sulfonamides is 1. The molecule has 2 N–H and O–H groups in total. The van der Waals surface area contributed by atoms with Gasteiger partial charge < -0.3 is 15.4 Å². The van der Waals surface area contributed by atoms with Crippen LogP contribution < -0.4 is 19.7 Å². The standard InChI is InChI=1S/C27H39N3O3S/c1-19(2)30(34(4,31)32)23-14-15-26(33-3)22(16-23)18-28-25-17-21-12-8-9-13-24(21)29-27(25)20-10-6-5-7-11-20/h5-7,10-11,14-16,19,21,24-25,27-29H,8-9,12-13,17-18H2,1-4H3. The van der Waals surface area contributed by atoms with Crippen molar-refractivity contribution in [3.05, 3.63) is 59.7 Å². The summed E-state index contributed by atoms with van der Waals surface area (Å²) in [4.78, 5) is 0. The van der Waals surface area contributed by atoms with Gasteiger partial charge in [0.25, 0.3) is 0 Å². The molecule has 4 rings (SSSR count). The smallest absolute Gasteiger partial charge is 0.232 e. The molecule has 0 radical (unpaired) electrons. The Labute approximate surface area is 205 Å². The highest BCUT2D eigenvalue weighted by molar-refractivity contribution is 7.92. The highest BCUT2D eigenvalue weighted by Crippen LogP contribution is 2.37. The van der Waals surface area contributed by atoms with Gasteiger partial charge in [-0.25, -0.2) is 8.42 Å². The van der Waals surface area contributed by atoms with Gasteiger partial charge in [-0.3, -0.25) is 4.31 Å². The van der Waals surface area contributed by atoms with E-state index in [0.29, 0.717) is 24.2 Å². The summed E-state index contributed by atoms with van der Waals surface area (Å²) in [5, 5.41) is 7.79. The summed E-state index contributed by atoms with van der Waals surface area (Å²) in [5.74, 6) is 1.46. The molecule has 1 aliphatic heterocycles. The minimum Gasteiger partial charge on any atom is -0.496 e. The van der Waals surface area contributed by atoms with Crippen LogP contribution in [0, 0.1) is 5.92 Å². The number of fused-ring (bicyclic) bond motifs is 1. The molecule has 4 unspecified atom stereocenters. The zero-order chi connectivity index (χ0) is 24.3. The Morgan fingerprint density at radius 2 is 1.85 bits per heavy atom. The van der Waals surface area contributed by atoms with E-state index in [-0.39, 0.29) is 18.1 Å². The Morgan fingerprint density at radius 1 is 1.12 bits per heavy atom. The van der Waals surface area contributed by atoms with Crippen LogP contribution in [-0.4, -0.2) is 39.9 Å². The molecule has 2 aromatic carbocycles. The van der Waals surface area contributed by atoms with Crippen LogP contribution in [0.15, 0.2) is 48.5 Å². The Balaban J connectivity index is 1.59. The summed E-state index contributed by atoms with van der Waals surface area (Å²) in [7, 11) is -1.72. The number of nitrogens with one attached hydrogen (secondary N) is 2. The molecule has 34 heavy (non-hydrogen) atoms. The normalized spacial score (nSPS) is 25.1. The summed E-state index contributed by atoms with van der Waals surface area (Å²) in [6.45, 7) is 4.39. The van der Waals surface area contributed by atoms with Gasteiger partial charge in [-0.1, -0.05) is 43.2 Å². The Hall–Kier alpha value is -2.09. The summed E-state index contributed by atoms with van der Waals surface area (Å²) < 4.78 is 32.0. The average Bonchev–Trinajstić information content (AvgIpc) is 2.81. The quantitative estimate of drug-likeness (QED) is 0.571. The molecular formula is C27H39N3O3S. The van der Waals surface area contributed by atoms with Crippen LogP contribution in [0.4, 0.5) is 5.69 Å². The van der Waals surface area contributed by atoms with Gasteiger partial charge in [-0.15, -0.1) is 0 Å². The molecule has 0 aromatic heterocycles. The van der Waals surface area contributed by atoms with Crippen LogP contribution in [-0.2, 0) is 16.6 Å². The maximum absolute atomic E-state index is 12.4. The van der Waals surface area contributed by atoms with Gasteiger partial charge in [-0.2, -0.15) is 0 Å². The highest BCUT2D eigenvalue weighted by Gasteiger charge is 2.38. The van der Waals surface area contributed by atoms with E-state index in [1.54, 1.807) is 7.11 Å². The Kier molecular flexibility index (Phi) is 7.85. The summed E-state index contributed by atoms with van der Waals surface area (Å²) >= 11 is 0. The predicted octanol–water partition coefficient (Wildman–Crippen LogP) is 4.62. The van der Waals surface area contributed by atoms with Crippen LogP contribution in [0.25, 0.3) is 0 Å². The minimum absolute atomic E-state index is 0.169. The first kappa shape index (κ1) is 25.0. The van der Waals surface area contributed by atoms with Gasteiger partial charge >= 0.3 is 0 Å². The van der Waals surface area contributed by atoms with E-state index in [0.717, 1.165) is 17.7 Å². The molecule has 1 heterocycles. The second-order valence-electron chi connectivity index (χ2n) is 10.1. The third-order valence-corrected chi connectivity index (χ3v) is 8.67. The van der Waals surface area contributed by atoms with E-state index in [1.807, 2.05) is 32.0 Å². The van der Waals surface area contributed by atoms with Crippen molar-refractivity contribution in [2.75, 3.05) is 17.7 Å². The minimum atomic E-state index is -3.38. The van der Waals surface area contributed by atoms with Crippen LogP contribution in [0.1, 0.15) is 63.1 Å². The molecule has 1 saturated heterocycles. The second kappa shape index (κ2) is 10.7. The number of methoxy groups -OCH3 is 1. The lowest BCUT2D eigenvalue weighted by Crippen LogP contribution is -2.55. The molecule has 1 aliphatic carbocycles. The van der Waals surface area contributed by atoms with Gasteiger partial charge in [0.05, 0.1) is 19.1 Å². The van der Waals surface area contributed by atoms with Crippen molar-refractivity contribution < 1.29 is 13.2 Å². The average molecular weight is 486 g/mol. The fourth-order valence-electron chi connectivity index (χ4n) is 5.86. The van der Waals surface area contributed by atoms with Crippen molar-refractivity contribution in [1.29, 1.82) is 0 Å². The topological polar surface area (TPSA) is 70.7 Å². The van der Waals surface area contributed by atoms with E-state index in [9.17, 15) is 8.42 Å². The summed E-state index contributed by atoms with van der Waals surface area (Å²) in [6, 6.07) is 17.3. The highest BCUT2D eigenvalue weighted by atomic mass is 32.2.